The van der Waals surface area contributed by atoms with E-state index < -0.39 is 0 Å². The maximum absolute atomic E-state index is 2.69. The lowest BCUT2D eigenvalue weighted by Gasteiger charge is -2.53. The van der Waals surface area contributed by atoms with Gasteiger partial charge in [0.25, 0.3) is 0 Å². The smallest absolute Gasteiger partial charge is 0.0543 e. The van der Waals surface area contributed by atoms with Gasteiger partial charge in [-0.1, -0.05) is 122 Å². The maximum Gasteiger partial charge on any atom is 0.0543 e. The van der Waals surface area contributed by atoms with Crippen molar-refractivity contribution in [3.8, 4) is 22.3 Å². The Balaban J connectivity index is 1.03. The number of fused-ring (bicyclic) bond motifs is 15. The second kappa shape index (κ2) is 11.3. The summed E-state index contributed by atoms with van der Waals surface area (Å²) in [4.78, 5) is 2.69. The second-order valence-electron chi connectivity index (χ2n) is 19.6. The Morgan fingerprint density at radius 3 is 2.02 bits per heavy atom. The molecule has 0 radical (unpaired) electrons. The van der Waals surface area contributed by atoms with Crippen molar-refractivity contribution in [1.29, 1.82) is 0 Å². The molecule has 8 aliphatic rings. The van der Waals surface area contributed by atoms with Crippen molar-refractivity contribution < 1.29 is 0 Å². The molecular formula is C56H49N. The molecule has 2 spiro atoms. The van der Waals surface area contributed by atoms with Gasteiger partial charge in [0.2, 0.25) is 0 Å². The van der Waals surface area contributed by atoms with E-state index in [2.05, 4.69) is 144 Å². The van der Waals surface area contributed by atoms with Crippen molar-refractivity contribution in [2.45, 2.75) is 75.0 Å². The number of nitrogens with zero attached hydrogens (tertiary/aromatic N) is 1. The van der Waals surface area contributed by atoms with Gasteiger partial charge in [0.05, 0.1) is 5.69 Å². The second-order valence-corrected chi connectivity index (χ2v) is 19.6. The fraction of sp³-hybridized carbons (Fsp3) is 0.321. The summed E-state index contributed by atoms with van der Waals surface area (Å²) in [6.07, 6.45) is 14.0. The first-order valence-corrected chi connectivity index (χ1v) is 22.4. The predicted octanol–water partition coefficient (Wildman–Crippen LogP) is 14.7. The monoisotopic (exact) mass is 735 g/mol. The highest BCUT2D eigenvalue weighted by Crippen LogP contribution is 2.70. The third-order valence-electron chi connectivity index (χ3n) is 17.4. The molecule has 6 fully saturated rings. The van der Waals surface area contributed by atoms with Gasteiger partial charge in [0.15, 0.2) is 0 Å². The Bertz CT molecular complexity index is 2840. The van der Waals surface area contributed by atoms with E-state index in [-0.39, 0.29) is 10.8 Å². The Morgan fingerprint density at radius 1 is 0.421 bits per heavy atom. The third-order valence-corrected chi connectivity index (χ3v) is 17.4. The number of benzene rings is 7. The number of hydrogen-bond donors (Lipinski definition) is 0. The van der Waals surface area contributed by atoms with Crippen molar-refractivity contribution in [3.63, 3.8) is 0 Å². The predicted molar refractivity (Wildman–Crippen MR) is 236 cm³/mol. The third kappa shape index (κ3) is 4.02. The first kappa shape index (κ1) is 31.9. The minimum Gasteiger partial charge on any atom is -0.310 e. The summed E-state index contributed by atoms with van der Waals surface area (Å²) in [5, 5.41) is 5.26. The van der Waals surface area contributed by atoms with Gasteiger partial charge in [0, 0.05) is 27.8 Å². The van der Waals surface area contributed by atoms with E-state index in [1.54, 1.807) is 22.3 Å². The lowest BCUT2D eigenvalue weighted by atomic mass is 9.51. The van der Waals surface area contributed by atoms with Gasteiger partial charge in [-0.05, 0) is 178 Å². The Morgan fingerprint density at radius 2 is 1.11 bits per heavy atom. The fourth-order valence-electron chi connectivity index (χ4n) is 15.6. The van der Waals surface area contributed by atoms with Crippen LogP contribution in [-0.2, 0) is 10.8 Å². The normalized spacial score (nSPS) is 30.6. The molecule has 0 amide bonds. The van der Waals surface area contributed by atoms with Crippen molar-refractivity contribution in [1.82, 2.24) is 0 Å². The molecule has 0 N–H and O–H groups in total. The van der Waals surface area contributed by atoms with E-state index in [1.807, 2.05) is 0 Å². The molecular weight excluding hydrogens is 687 g/mol. The van der Waals surface area contributed by atoms with Gasteiger partial charge < -0.3 is 4.90 Å². The highest BCUT2D eigenvalue weighted by molar-refractivity contribution is 6.09. The summed E-state index contributed by atoms with van der Waals surface area (Å²) in [6.45, 7) is 0. The van der Waals surface area contributed by atoms with Crippen LogP contribution < -0.4 is 4.90 Å². The molecule has 8 aliphatic carbocycles. The van der Waals surface area contributed by atoms with Crippen molar-refractivity contribution in [3.05, 3.63) is 162 Å². The fourth-order valence-corrected chi connectivity index (χ4v) is 15.6. The van der Waals surface area contributed by atoms with Crippen LogP contribution in [-0.4, -0.2) is 0 Å². The van der Waals surface area contributed by atoms with Crippen molar-refractivity contribution >= 4 is 38.6 Å². The van der Waals surface area contributed by atoms with Crippen LogP contribution in [0.25, 0.3) is 43.8 Å². The van der Waals surface area contributed by atoms with Crippen LogP contribution in [0.5, 0.6) is 0 Å². The number of hydrogen-bond acceptors (Lipinski definition) is 1. The summed E-state index contributed by atoms with van der Waals surface area (Å²) in [6, 6.07) is 55.2. The molecule has 8 atom stereocenters. The molecule has 6 bridgehead atoms. The zero-order chi connectivity index (χ0) is 37.0. The largest absolute Gasteiger partial charge is 0.310 e. The van der Waals surface area contributed by atoms with Gasteiger partial charge in [-0.15, -0.1) is 0 Å². The Hall–Kier alpha value is -5.14. The van der Waals surface area contributed by atoms with E-state index in [4.69, 9.17) is 0 Å². The Kier molecular flexibility index (Phi) is 6.31. The average Bonchev–Trinajstić information content (AvgIpc) is 3.98. The highest BCUT2D eigenvalue weighted by Gasteiger charge is 2.60. The number of rotatable bonds is 3. The van der Waals surface area contributed by atoms with Crippen LogP contribution in [0.4, 0.5) is 17.1 Å². The lowest BCUT2D eigenvalue weighted by molar-refractivity contribution is 0.0618. The lowest BCUT2D eigenvalue weighted by Crippen LogP contribution is -2.48. The molecule has 6 saturated carbocycles. The molecule has 1 heteroatoms. The average molecular weight is 736 g/mol. The highest BCUT2D eigenvalue weighted by atomic mass is 15.1. The summed E-state index contributed by atoms with van der Waals surface area (Å²) < 4.78 is 0. The SMILES string of the molecule is c1ccc2c(c1)-c1ccc(N(c3ccc4c(ccc5ccccc54)c3)c3cccc4c3-c3ccccc3C43C4CCC5CC(C4)CC3C5)cc1C21CC2CCC1C2. The summed E-state index contributed by atoms with van der Waals surface area (Å²) in [5.41, 5.74) is 16.6. The first-order chi connectivity index (χ1) is 28.2. The molecule has 278 valence electrons. The van der Waals surface area contributed by atoms with Crippen LogP contribution in [0, 0.1) is 35.5 Å². The zero-order valence-electron chi connectivity index (χ0n) is 32.8. The van der Waals surface area contributed by atoms with E-state index in [9.17, 15) is 0 Å². The molecule has 7 aromatic carbocycles. The standard InChI is InChI=1S/C56H49N/c1-2-9-44-37(8-1)18-19-38-31-42(22-24-45(38)44)57(43-23-25-47-46-10-3-5-12-49(46)55(52(47)32-43)33-35-17-20-39(55)28-35)53-15-7-14-51-54(53)48-11-4-6-13-50(48)56(51)40-21-16-34-26-36(29-40)30-41(56)27-34/h1-15,18-19,22-25,31-32,34-36,39-41H,16-17,20-21,26-30,33H2. The first-order valence-electron chi connectivity index (χ1n) is 22.4. The van der Waals surface area contributed by atoms with Gasteiger partial charge in [-0.3, -0.25) is 0 Å². The molecule has 15 rings (SSSR count). The van der Waals surface area contributed by atoms with Crippen molar-refractivity contribution in [2.24, 2.45) is 35.5 Å². The van der Waals surface area contributed by atoms with Crippen LogP contribution in [0.15, 0.2) is 140 Å². The zero-order valence-corrected chi connectivity index (χ0v) is 32.8. The molecule has 0 aromatic heterocycles. The van der Waals surface area contributed by atoms with Gasteiger partial charge in [0.1, 0.15) is 0 Å². The van der Waals surface area contributed by atoms with Gasteiger partial charge in [-0.2, -0.15) is 0 Å². The molecule has 8 unspecified atom stereocenters. The summed E-state index contributed by atoms with van der Waals surface area (Å²) in [7, 11) is 0. The minimum atomic E-state index is 0.119. The van der Waals surface area contributed by atoms with E-state index in [1.165, 1.54) is 125 Å². The van der Waals surface area contributed by atoms with Gasteiger partial charge in [-0.25, -0.2) is 0 Å². The molecule has 0 aliphatic heterocycles. The van der Waals surface area contributed by atoms with E-state index >= 15 is 0 Å². The summed E-state index contributed by atoms with van der Waals surface area (Å²) in [5.74, 6) is 4.88. The topological polar surface area (TPSA) is 3.24 Å². The minimum absolute atomic E-state index is 0.119. The molecule has 57 heavy (non-hydrogen) atoms. The molecule has 0 heterocycles. The maximum atomic E-state index is 2.69. The van der Waals surface area contributed by atoms with Crippen molar-refractivity contribution in [2.75, 3.05) is 4.90 Å². The molecule has 7 aromatic rings. The quantitative estimate of drug-likeness (QED) is 0.163. The number of anilines is 3. The van der Waals surface area contributed by atoms with E-state index in [0.717, 1.165) is 35.5 Å². The molecule has 1 nitrogen and oxygen atoms in total. The van der Waals surface area contributed by atoms with Crippen LogP contribution >= 0.6 is 0 Å². The summed E-state index contributed by atoms with van der Waals surface area (Å²) >= 11 is 0. The Labute approximate surface area is 336 Å². The van der Waals surface area contributed by atoms with Crippen LogP contribution in [0.3, 0.4) is 0 Å². The van der Waals surface area contributed by atoms with E-state index in [0.29, 0.717) is 0 Å². The van der Waals surface area contributed by atoms with Crippen LogP contribution in [0.2, 0.25) is 0 Å². The van der Waals surface area contributed by atoms with Gasteiger partial charge >= 0.3 is 0 Å². The molecule has 0 saturated heterocycles. The van der Waals surface area contributed by atoms with Crippen LogP contribution in [0.1, 0.15) is 86.5 Å².